The van der Waals surface area contributed by atoms with Crippen molar-refractivity contribution in [2.45, 2.75) is 53.1 Å². The number of halogens is 1. The second-order valence-corrected chi connectivity index (χ2v) is 5.94. The Morgan fingerprint density at radius 1 is 1.33 bits per heavy atom. The van der Waals surface area contributed by atoms with Gasteiger partial charge in [0.05, 0.1) is 22.5 Å². The van der Waals surface area contributed by atoms with Crippen LogP contribution >= 0.6 is 11.6 Å². The van der Waals surface area contributed by atoms with E-state index in [0.717, 1.165) is 29.3 Å². The predicted octanol–water partition coefficient (Wildman–Crippen LogP) is 3.22. The van der Waals surface area contributed by atoms with E-state index in [4.69, 9.17) is 11.6 Å². The number of hydrogen-bond acceptors (Lipinski definition) is 2. The van der Waals surface area contributed by atoms with E-state index in [1.165, 1.54) is 0 Å². The fourth-order valence-electron chi connectivity index (χ4n) is 2.34. The summed E-state index contributed by atoms with van der Waals surface area (Å²) < 4.78 is 1.80. The molecule has 0 aliphatic heterocycles. The van der Waals surface area contributed by atoms with Crippen molar-refractivity contribution in [3.8, 4) is 0 Å². The summed E-state index contributed by atoms with van der Waals surface area (Å²) in [6.07, 6.45) is 2.07. The molecular formula is C14H25ClN2O. The third-order valence-corrected chi connectivity index (χ3v) is 3.84. The van der Waals surface area contributed by atoms with Gasteiger partial charge in [-0.1, -0.05) is 39.3 Å². The van der Waals surface area contributed by atoms with Crippen molar-refractivity contribution in [1.29, 1.82) is 0 Å². The quantitative estimate of drug-likeness (QED) is 0.863. The summed E-state index contributed by atoms with van der Waals surface area (Å²) in [5.41, 5.74) is 1.86. The molecule has 0 spiro atoms. The van der Waals surface area contributed by atoms with E-state index in [2.05, 4.69) is 25.9 Å². The number of rotatable bonds is 6. The number of hydrogen-bond donors (Lipinski definition) is 1. The van der Waals surface area contributed by atoms with Crippen LogP contribution in [0.1, 0.15) is 45.5 Å². The largest absolute Gasteiger partial charge is 0.392 e. The minimum Gasteiger partial charge on any atom is -0.392 e. The average Bonchev–Trinajstić information content (AvgIpc) is 2.55. The minimum absolute atomic E-state index is 0.279. The van der Waals surface area contributed by atoms with Crippen LogP contribution in [0.25, 0.3) is 0 Å². The normalized spacial score (nSPS) is 15.1. The van der Waals surface area contributed by atoms with Crippen molar-refractivity contribution in [3.05, 3.63) is 16.4 Å². The van der Waals surface area contributed by atoms with Gasteiger partial charge in [0.25, 0.3) is 0 Å². The van der Waals surface area contributed by atoms with Crippen molar-refractivity contribution in [1.82, 2.24) is 9.78 Å². The number of aliphatic hydroxyl groups is 1. The maximum absolute atomic E-state index is 10.3. The number of aromatic nitrogens is 2. The molecule has 0 fully saturated rings. The van der Waals surface area contributed by atoms with Crippen LogP contribution < -0.4 is 0 Å². The highest BCUT2D eigenvalue weighted by atomic mass is 35.5. The first-order valence-corrected chi connectivity index (χ1v) is 7.12. The minimum atomic E-state index is -0.356. The Labute approximate surface area is 115 Å². The molecule has 2 unspecified atom stereocenters. The van der Waals surface area contributed by atoms with Crippen molar-refractivity contribution < 1.29 is 5.11 Å². The Morgan fingerprint density at radius 3 is 2.39 bits per heavy atom. The maximum Gasteiger partial charge on any atom is 0.0850 e. The molecule has 0 saturated heterocycles. The maximum atomic E-state index is 10.3. The summed E-state index contributed by atoms with van der Waals surface area (Å²) in [5, 5.41) is 15.3. The molecule has 1 aromatic rings. The van der Waals surface area contributed by atoms with Gasteiger partial charge < -0.3 is 5.11 Å². The van der Waals surface area contributed by atoms with Gasteiger partial charge in [-0.2, -0.15) is 5.10 Å². The second kappa shape index (κ2) is 6.58. The molecule has 0 aliphatic carbocycles. The first-order chi connectivity index (χ1) is 8.36. The summed E-state index contributed by atoms with van der Waals surface area (Å²) in [6, 6.07) is 0. The van der Waals surface area contributed by atoms with E-state index in [1.54, 1.807) is 4.68 Å². The van der Waals surface area contributed by atoms with Crippen LogP contribution in [0.4, 0.5) is 0 Å². The van der Waals surface area contributed by atoms with Crippen LogP contribution in [-0.2, 0) is 19.9 Å². The zero-order valence-electron chi connectivity index (χ0n) is 12.1. The van der Waals surface area contributed by atoms with E-state index in [9.17, 15) is 5.11 Å². The molecular weight excluding hydrogens is 248 g/mol. The first-order valence-electron chi connectivity index (χ1n) is 6.75. The van der Waals surface area contributed by atoms with Crippen molar-refractivity contribution in [2.75, 3.05) is 0 Å². The summed E-state index contributed by atoms with van der Waals surface area (Å²) in [4.78, 5) is 0. The summed E-state index contributed by atoms with van der Waals surface area (Å²) in [7, 11) is 1.89. The van der Waals surface area contributed by atoms with Gasteiger partial charge in [-0.3, -0.25) is 4.68 Å². The lowest BCUT2D eigenvalue weighted by Gasteiger charge is -2.20. The topological polar surface area (TPSA) is 38.0 Å². The highest BCUT2D eigenvalue weighted by Gasteiger charge is 2.21. The van der Waals surface area contributed by atoms with Gasteiger partial charge in [-0.15, -0.1) is 0 Å². The van der Waals surface area contributed by atoms with Gasteiger partial charge in [0.2, 0.25) is 0 Å². The molecule has 1 rings (SSSR count). The Kier molecular flexibility index (Phi) is 5.67. The molecule has 3 nitrogen and oxygen atoms in total. The summed E-state index contributed by atoms with van der Waals surface area (Å²) >= 11 is 6.29. The van der Waals surface area contributed by atoms with Crippen LogP contribution in [0.5, 0.6) is 0 Å². The highest BCUT2D eigenvalue weighted by Crippen LogP contribution is 2.25. The Hall–Kier alpha value is -0.540. The Balaban J connectivity index is 2.75. The van der Waals surface area contributed by atoms with Crippen LogP contribution in [-0.4, -0.2) is 21.0 Å². The lowest BCUT2D eigenvalue weighted by molar-refractivity contribution is 0.103. The molecule has 0 bridgehead atoms. The van der Waals surface area contributed by atoms with Gasteiger partial charge in [-0.25, -0.2) is 0 Å². The molecule has 4 heteroatoms. The molecule has 104 valence electrons. The zero-order valence-corrected chi connectivity index (χ0v) is 12.8. The van der Waals surface area contributed by atoms with Crippen LogP contribution in [0, 0.1) is 11.8 Å². The van der Waals surface area contributed by atoms with Gasteiger partial charge in [0, 0.05) is 13.5 Å². The molecule has 0 amide bonds. The smallest absolute Gasteiger partial charge is 0.0850 e. The molecule has 0 aliphatic rings. The molecule has 1 N–H and O–H groups in total. The number of nitrogens with zero attached hydrogens (tertiary/aromatic N) is 2. The van der Waals surface area contributed by atoms with Crippen molar-refractivity contribution >= 4 is 11.6 Å². The fraction of sp³-hybridized carbons (Fsp3) is 0.786. The molecule has 0 aromatic carbocycles. The lowest BCUT2D eigenvalue weighted by atomic mass is 9.91. The van der Waals surface area contributed by atoms with Gasteiger partial charge in [-0.05, 0) is 24.7 Å². The van der Waals surface area contributed by atoms with E-state index in [0.29, 0.717) is 12.3 Å². The number of aliphatic hydroxyl groups excluding tert-OH is 1. The second-order valence-electron chi connectivity index (χ2n) is 5.56. The molecule has 1 heterocycles. The monoisotopic (exact) mass is 272 g/mol. The SMILES string of the molecule is CCc1nn(C)c(CC(O)C(C)CC(C)C)c1Cl. The Morgan fingerprint density at radius 2 is 1.94 bits per heavy atom. The van der Waals surface area contributed by atoms with Gasteiger partial charge >= 0.3 is 0 Å². The summed E-state index contributed by atoms with van der Waals surface area (Å²) in [5.74, 6) is 0.879. The molecule has 18 heavy (non-hydrogen) atoms. The van der Waals surface area contributed by atoms with Crippen LogP contribution in [0.3, 0.4) is 0 Å². The summed E-state index contributed by atoms with van der Waals surface area (Å²) in [6.45, 7) is 8.48. The van der Waals surface area contributed by atoms with E-state index in [1.807, 2.05) is 14.0 Å². The zero-order chi connectivity index (χ0) is 13.9. The van der Waals surface area contributed by atoms with Gasteiger partial charge in [0.15, 0.2) is 0 Å². The van der Waals surface area contributed by atoms with E-state index >= 15 is 0 Å². The molecule has 0 saturated carbocycles. The van der Waals surface area contributed by atoms with Crippen molar-refractivity contribution in [2.24, 2.45) is 18.9 Å². The van der Waals surface area contributed by atoms with E-state index < -0.39 is 0 Å². The van der Waals surface area contributed by atoms with Crippen LogP contribution in [0.15, 0.2) is 0 Å². The molecule has 2 atom stereocenters. The third-order valence-electron chi connectivity index (χ3n) is 3.41. The standard InChI is InChI=1S/C14H25ClN2O/c1-6-11-14(15)12(17(5)16-11)8-13(18)10(4)7-9(2)3/h9-10,13,18H,6-8H2,1-5H3. The lowest BCUT2D eigenvalue weighted by Crippen LogP contribution is -2.23. The fourth-order valence-corrected chi connectivity index (χ4v) is 2.71. The highest BCUT2D eigenvalue weighted by molar-refractivity contribution is 6.31. The third kappa shape index (κ3) is 3.72. The molecule has 1 aromatic heterocycles. The Bertz CT molecular complexity index is 387. The average molecular weight is 273 g/mol. The van der Waals surface area contributed by atoms with E-state index in [-0.39, 0.29) is 12.0 Å². The number of aryl methyl sites for hydroxylation is 2. The molecule has 0 radical (unpaired) electrons. The predicted molar refractivity (Wildman–Crippen MR) is 75.9 cm³/mol. The van der Waals surface area contributed by atoms with Crippen molar-refractivity contribution in [3.63, 3.8) is 0 Å². The van der Waals surface area contributed by atoms with Crippen LogP contribution in [0.2, 0.25) is 5.02 Å². The van der Waals surface area contributed by atoms with Gasteiger partial charge in [0.1, 0.15) is 0 Å². The first kappa shape index (κ1) is 15.5.